The predicted molar refractivity (Wildman–Crippen MR) is 121 cm³/mol. The smallest absolute Gasteiger partial charge is 0.347 e. The number of imidazole rings is 1. The van der Waals surface area contributed by atoms with Crippen LogP contribution in [0.15, 0.2) is 42.7 Å². The fraction of sp³-hybridized carbons (Fsp3) is 0.318. The Morgan fingerprint density at radius 1 is 1.14 bits per heavy atom. The van der Waals surface area contributed by atoms with Gasteiger partial charge in [0.2, 0.25) is 0 Å². The molecule has 188 valence electrons. The molecule has 0 fully saturated rings. The largest absolute Gasteiger partial charge is 0.392 e. The van der Waals surface area contributed by atoms with E-state index in [-0.39, 0.29) is 48.9 Å². The number of rotatable bonds is 5. The van der Waals surface area contributed by atoms with Crippen molar-refractivity contribution in [2.45, 2.75) is 37.8 Å². The molecule has 1 aliphatic heterocycles. The van der Waals surface area contributed by atoms with E-state index < -0.39 is 29.4 Å². The van der Waals surface area contributed by atoms with Crippen molar-refractivity contribution in [3.05, 3.63) is 65.5 Å². The average Bonchev–Trinajstić information content (AvgIpc) is 3.43. The van der Waals surface area contributed by atoms with E-state index in [0.717, 1.165) is 0 Å². The van der Waals surface area contributed by atoms with Crippen molar-refractivity contribution >= 4 is 20.8 Å². The standard InChI is InChI=1S/C22H19F5N7OP/c23-21(24,25)13-6-8-34-16(9-13)31-19(32-34)14-5-4-12(10-28-14)11-29-20(35)17-18(22(26,27)36)30-15-3-1-2-7-33(15)17/h1-5,7,10,13H,6,8-9,11,36H2,(H,29,35). The highest BCUT2D eigenvalue weighted by molar-refractivity contribution is 7.17. The Hall–Kier alpha value is -3.47. The monoisotopic (exact) mass is 523 g/mol. The number of carbonyl (C=O) groups excluding carboxylic acids is 1. The highest BCUT2D eigenvalue weighted by Crippen LogP contribution is 2.37. The molecule has 2 unspecified atom stereocenters. The van der Waals surface area contributed by atoms with Crippen LogP contribution in [0, 0.1) is 5.92 Å². The summed E-state index contributed by atoms with van der Waals surface area (Å²) in [5, 5.41) is 6.86. The number of alkyl halides is 5. The third-order valence-electron chi connectivity index (χ3n) is 5.90. The second kappa shape index (κ2) is 8.88. The van der Waals surface area contributed by atoms with Gasteiger partial charge in [-0.05, 0) is 30.2 Å². The van der Waals surface area contributed by atoms with E-state index in [1.807, 2.05) is 0 Å². The molecule has 5 heterocycles. The first-order chi connectivity index (χ1) is 17.0. The number of aromatic nitrogens is 6. The van der Waals surface area contributed by atoms with Gasteiger partial charge in [-0.2, -0.15) is 22.0 Å². The predicted octanol–water partition coefficient (Wildman–Crippen LogP) is 3.97. The first kappa shape index (κ1) is 24.2. The minimum Gasteiger partial charge on any atom is -0.347 e. The average molecular weight is 523 g/mol. The number of hydrogen-bond donors (Lipinski definition) is 1. The van der Waals surface area contributed by atoms with Crippen LogP contribution in [0.2, 0.25) is 0 Å². The van der Waals surface area contributed by atoms with E-state index in [0.29, 0.717) is 11.3 Å². The van der Waals surface area contributed by atoms with Gasteiger partial charge >= 0.3 is 11.8 Å². The van der Waals surface area contributed by atoms with Crippen molar-refractivity contribution < 1.29 is 26.7 Å². The van der Waals surface area contributed by atoms with Crippen LogP contribution in [0.4, 0.5) is 22.0 Å². The van der Waals surface area contributed by atoms with E-state index in [1.54, 1.807) is 24.3 Å². The molecule has 2 atom stereocenters. The Kier molecular flexibility index (Phi) is 5.98. The van der Waals surface area contributed by atoms with E-state index >= 15 is 0 Å². The second-order valence-corrected chi connectivity index (χ2v) is 9.13. The molecule has 1 N–H and O–H groups in total. The van der Waals surface area contributed by atoms with Gasteiger partial charge in [0.25, 0.3) is 5.91 Å². The van der Waals surface area contributed by atoms with Gasteiger partial charge in [-0.25, -0.2) is 14.6 Å². The topological polar surface area (TPSA) is 90.0 Å². The highest BCUT2D eigenvalue weighted by atomic mass is 31.0. The quantitative estimate of drug-likeness (QED) is 0.316. The summed E-state index contributed by atoms with van der Waals surface area (Å²) in [6.07, 6.45) is -1.64. The zero-order chi connectivity index (χ0) is 25.7. The number of aryl methyl sites for hydroxylation is 1. The molecule has 0 aromatic carbocycles. The van der Waals surface area contributed by atoms with Gasteiger partial charge in [-0.15, -0.1) is 5.10 Å². The van der Waals surface area contributed by atoms with E-state index in [4.69, 9.17) is 0 Å². The zero-order valence-corrected chi connectivity index (χ0v) is 19.7. The Labute approximate surface area is 203 Å². The molecule has 0 saturated carbocycles. The number of halogens is 5. The zero-order valence-electron chi connectivity index (χ0n) is 18.5. The van der Waals surface area contributed by atoms with Gasteiger partial charge in [0.05, 0.1) is 5.92 Å². The van der Waals surface area contributed by atoms with Crippen LogP contribution in [0.25, 0.3) is 17.2 Å². The number of nitrogens with one attached hydrogen (secondary N) is 1. The Bertz CT molecular complexity index is 1430. The maximum Gasteiger partial charge on any atom is 0.392 e. The first-order valence-corrected chi connectivity index (χ1v) is 11.5. The Morgan fingerprint density at radius 3 is 2.64 bits per heavy atom. The molecule has 4 aromatic heterocycles. The summed E-state index contributed by atoms with van der Waals surface area (Å²) in [7, 11) is 1.39. The van der Waals surface area contributed by atoms with E-state index in [1.165, 1.54) is 36.8 Å². The summed E-state index contributed by atoms with van der Waals surface area (Å²) in [5.41, 5.74) is -3.20. The second-order valence-electron chi connectivity index (χ2n) is 8.40. The summed E-state index contributed by atoms with van der Waals surface area (Å²) < 4.78 is 70.0. The van der Waals surface area contributed by atoms with Crippen LogP contribution < -0.4 is 5.32 Å². The SMILES string of the molecule is O=C(NCc1ccc(-c2nc3n(n2)CCC(C(F)(F)F)C3)nc1)c1c(C(F)(F)P)nc2ccccn12. The van der Waals surface area contributed by atoms with Gasteiger partial charge in [0, 0.05) is 31.9 Å². The number of hydrogen-bond acceptors (Lipinski definition) is 5. The van der Waals surface area contributed by atoms with Gasteiger partial charge in [-0.3, -0.25) is 14.2 Å². The number of carbonyl (C=O) groups is 1. The molecule has 1 aliphatic rings. The van der Waals surface area contributed by atoms with Crippen molar-refractivity contribution in [3.63, 3.8) is 0 Å². The third-order valence-corrected chi connectivity index (χ3v) is 6.17. The van der Waals surface area contributed by atoms with Crippen molar-refractivity contribution in [1.29, 1.82) is 0 Å². The van der Waals surface area contributed by atoms with Crippen LogP contribution in [0.3, 0.4) is 0 Å². The first-order valence-electron chi connectivity index (χ1n) is 10.9. The third kappa shape index (κ3) is 4.67. The molecule has 1 amide bonds. The molecule has 14 heteroatoms. The summed E-state index contributed by atoms with van der Waals surface area (Å²) in [6.45, 7) is 0.117. The molecular formula is C22H19F5N7OP. The fourth-order valence-electron chi connectivity index (χ4n) is 4.07. The van der Waals surface area contributed by atoms with Gasteiger partial charge in [0.1, 0.15) is 28.6 Å². The fourth-order valence-corrected chi connectivity index (χ4v) is 4.27. The molecule has 0 bridgehead atoms. The molecule has 0 spiro atoms. The summed E-state index contributed by atoms with van der Waals surface area (Å²) in [5.74, 6) is -1.72. The normalized spacial score (nSPS) is 16.2. The highest BCUT2D eigenvalue weighted by Gasteiger charge is 2.42. The number of nitrogens with zero attached hydrogens (tertiary/aromatic N) is 6. The molecule has 5 rings (SSSR count). The lowest BCUT2D eigenvalue weighted by Gasteiger charge is -2.24. The Balaban J connectivity index is 1.30. The van der Waals surface area contributed by atoms with Crippen molar-refractivity contribution in [1.82, 2.24) is 34.4 Å². The lowest BCUT2D eigenvalue weighted by atomic mass is 9.98. The molecule has 8 nitrogen and oxygen atoms in total. The van der Waals surface area contributed by atoms with Crippen LogP contribution in [0.1, 0.15) is 34.0 Å². The van der Waals surface area contributed by atoms with Crippen LogP contribution >= 0.6 is 9.24 Å². The van der Waals surface area contributed by atoms with Crippen LogP contribution in [-0.2, 0) is 25.2 Å². The van der Waals surface area contributed by atoms with Gasteiger partial charge in [-0.1, -0.05) is 21.4 Å². The summed E-state index contributed by atoms with van der Waals surface area (Å²) in [6, 6.07) is 7.97. The lowest BCUT2D eigenvalue weighted by molar-refractivity contribution is -0.179. The minimum absolute atomic E-state index is 0.00553. The van der Waals surface area contributed by atoms with Crippen LogP contribution in [-0.4, -0.2) is 41.2 Å². The van der Waals surface area contributed by atoms with Crippen LogP contribution in [0.5, 0.6) is 0 Å². The summed E-state index contributed by atoms with van der Waals surface area (Å²) >= 11 is 0. The maximum atomic E-state index is 14.1. The molecule has 36 heavy (non-hydrogen) atoms. The number of pyridine rings is 2. The lowest BCUT2D eigenvalue weighted by Crippen LogP contribution is -2.31. The Morgan fingerprint density at radius 2 is 1.94 bits per heavy atom. The van der Waals surface area contributed by atoms with Crippen molar-refractivity contribution in [3.8, 4) is 11.5 Å². The van der Waals surface area contributed by atoms with E-state index in [2.05, 4.69) is 25.4 Å². The number of fused-ring (bicyclic) bond motifs is 2. The van der Waals surface area contributed by atoms with Gasteiger partial charge in [0.15, 0.2) is 5.82 Å². The number of amides is 1. The van der Waals surface area contributed by atoms with Crippen molar-refractivity contribution in [2.24, 2.45) is 5.92 Å². The van der Waals surface area contributed by atoms with E-state index in [9.17, 15) is 26.7 Å². The molecular weight excluding hydrogens is 504 g/mol. The molecule has 0 saturated heterocycles. The van der Waals surface area contributed by atoms with Crippen molar-refractivity contribution in [2.75, 3.05) is 0 Å². The molecule has 0 radical (unpaired) electrons. The summed E-state index contributed by atoms with van der Waals surface area (Å²) in [4.78, 5) is 25.2. The molecule has 0 aliphatic carbocycles. The minimum atomic E-state index is -4.28. The maximum absolute atomic E-state index is 14.1. The molecule has 4 aromatic rings. The van der Waals surface area contributed by atoms with Gasteiger partial charge < -0.3 is 5.32 Å².